The summed E-state index contributed by atoms with van der Waals surface area (Å²) in [6.45, 7) is 0.708. The zero-order valence-corrected chi connectivity index (χ0v) is 17.4. The van der Waals surface area contributed by atoms with E-state index in [1.165, 1.54) is 6.07 Å². The Hall–Kier alpha value is -2.58. The third-order valence-electron chi connectivity index (χ3n) is 5.71. The van der Waals surface area contributed by atoms with E-state index in [1.54, 1.807) is 18.2 Å². The molecule has 2 aromatic carbocycles. The lowest BCUT2D eigenvalue weighted by Gasteiger charge is -2.41. The summed E-state index contributed by atoms with van der Waals surface area (Å²) in [5.74, 6) is -1.64. The Balaban J connectivity index is 1.83. The summed E-state index contributed by atoms with van der Waals surface area (Å²) < 4.78 is 43.6. The highest BCUT2D eigenvalue weighted by Crippen LogP contribution is 2.43. The van der Waals surface area contributed by atoms with Crippen LogP contribution in [0.5, 0.6) is 11.5 Å². The van der Waals surface area contributed by atoms with E-state index in [2.05, 4.69) is 0 Å². The van der Waals surface area contributed by atoms with Gasteiger partial charge in [0.15, 0.2) is 0 Å². The molecule has 0 aromatic heterocycles. The number of rotatable bonds is 5. The number of ether oxygens (including phenoxy) is 1. The lowest BCUT2D eigenvalue weighted by molar-refractivity contribution is -0.137. The Morgan fingerprint density at radius 3 is 2.58 bits per heavy atom. The lowest BCUT2D eigenvalue weighted by Crippen LogP contribution is -2.43. The molecule has 0 bridgehead atoms. The molecule has 2 aromatic rings. The number of nitrogens with zero attached hydrogens (tertiary/aromatic N) is 1. The predicted molar refractivity (Wildman–Crippen MR) is 109 cm³/mol. The molecule has 0 amide bonds. The largest absolute Gasteiger partial charge is 0.507 e. The minimum atomic E-state index is -4.63. The highest BCUT2D eigenvalue weighted by molar-refractivity contribution is 5.94. The fraction of sp³-hybridized carbons (Fsp3) is 0.435. The average molecular weight is 437 g/mol. The quantitative estimate of drug-likeness (QED) is 0.530. The second-order valence-corrected chi connectivity index (χ2v) is 8.28. The van der Waals surface area contributed by atoms with E-state index in [0.717, 1.165) is 25.3 Å². The second kappa shape index (κ2) is 8.88. The minimum Gasteiger partial charge on any atom is -0.507 e. The second-order valence-electron chi connectivity index (χ2n) is 8.28. The van der Waals surface area contributed by atoms with Crippen molar-refractivity contribution < 1.29 is 32.9 Å². The number of esters is 1. The molecule has 1 aliphatic carbocycles. The van der Waals surface area contributed by atoms with Crippen LogP contribution in [0.3, 0.4) is 0 Å². The first-order valence-electron chi connectivity index (χ1n) is 10.1. The van der Waals surface area contributed by atoms with Gasteiger partial charge < -0.3 is 19.8 Å². The molecule has 2 N–H and O–H groups in total. The van der Waals surface area contributed by atoms with Crippen LogP contribution in [0.2, 0.25) is 0 Å². The van der Waals surface area contributed by atoms with Gasteiger partial charge in [-0.3, -0.25) is 0 Å². The number of carbonyl (C=O) groups is 1. The number of carbonyl (C=O) groups excluding carboxylic acids is 1. The van der Waals surface area contributed by atoms with Crippen molar-refractivity contribution in [2.75, 3.05) is 20.6 Å². The lowest BCUT2D eigenvalue weighted by atomic mass is 9.71. The first-order valence-corrected chi connectivity index (χ1v) is 10.1. The molecule has 1 unspecified atom stereocenters. The van der Waals surface area contributed by atoms with Gasteiger partial charge in [0.25, 0.3) is 0 Å². The van der Waals surface area contributed by atoms with Gasteiger partial charge in [-0.05, 0) is 62.8 Å². The molecule has 168 valence electrons. The maximum absolute atomic E-state index is 12.8. The number of hydrogen-bond acceptors (Lipinski definition) is 5. The van der Waals surface area contributed by atoms with Crippen molar-refractivity contribution in [3.63, 3.8) is 0 Å². The van der Waals surface area contributed by atoms with Crippen LogP contribution < -0.4 is 4.74 Å². The van der Waals surface area contributed by atoms with Crippen LogP contribution in [0.4, 0.5) is 13.2 Å². The highest BCUT2D eigenvalue weighted by atomic mass is 19.4. The van der Waals surface area contributed by atoms with Gasteiger partial charge in [0.2, 0.25) is 0 Å². The van der Waals surface area contributed by atoms with Gasteiger partial charge in [-0.1, -0.05) is 25.0 Å². The van der Waals surface area contributed by atoms with E-state index in [1.807, 2.05) is 19.0 Å². The van der Waals surface area contributed by atoms with Gasteiger partial charge >= 0.3 is 12.1 Å². The normalized spacial score (nSPS) is 21.8. The van der Waals surface area contributed by atoms with Crippen LogP contribution in [0.1, 0.15) is 47.2 Å². The number of benzene rings is 2. The number of aromatic hydroxyl groups is 1. The van der Waals surface area contributed by atoms with Crippen molar-refractivity contribution in [2.45, 2.75) is 37.5 Å². The Bertz CT molecular complexity index is 945. The van der Waals surface area contributed by atoms with Gasteiger partial charge in [0.05, 0.1) is 11.2 Å². The molecule has 2 atom stereocenters. The Morgan fingerprint density at radius 2 is 1.94 bits per heavy atom. The van der Waals surface area contributed by atoms with Crippen molar-refractivity contribution in [1.82, 2.24) is 4.90 Å². The van der Waals surface area contributed by atoms with Crippen molar-refractivity contribution in [3.8, 4) is 11.5 Å². The van der Waals surface area contributed by atoms with Crippen molar-refractivity contribution in [2.24, 2.45) is 5.92 Å². The third kappa shape index (κ3) is 5.19. The molecule has 0 saturated heterocycles. The smallest absolute Gasteiger partial charge is 0.416 e. The van der Waals surface area contributed by atoms with E-state index >= 15 is 0 Å². The molecule has 0 aliphatic heterocycles. The molecular formula is C23H26F3NO4. The highest BCUT2D eigenvalue weighted by Gasteiger charge is 2.40. The summed E-state index contributed by atoms with van der Waals surface area (Å²) in [6.07, 6.45) is -1.26. The molecule has 31 heavy (non-hydrogen) atoms. The van der Waals surface area contributed by atoms with E-state index in [9.17, 15) is 28.2 Å². The van der Waals surface area contributed by atoms with E-state index in [-0.39, 0.29) is 17.2 Å². The summed E-state index contributed by atoms with van der Waals surface area (Å²) in [5, 5.41) is 21.3. The molecule has 3 rings (SSSR count). The first-order chi connectivity index (χ1) is 14.5. The molecule has 1 saturated carbocycles. The summed E-state index contributed by atoms with van der Waals surface area (Å²) >= 11 is 0. The Labute approximate surface area is 179 Å². The van der Waals surface area contributed by atoms with Crippen molar-refractivity contribution in [3.05, 3.63) is 59.2 Å². The molecule has 8 heteroatoms. The molecule has 1 fully saturated rings. The Kier molecular flexibility index (Phi) is 6.62. The number of halogens is 3. The summed E-state index contributed by atoms with van der Waals surface area (Å²) in [7, 11) is 3.90. The van der Waals surface area contributed by atoms with Gasteiger partial charge in [-0.15, -0.1) is 0 Å². The Morgan fingerprint density at radius 1 is 1.19 bits per heavy atom. The number of phenolic OH excluding ortho intramolecular Hbond substituents is 1. The molecule has 0 heterocycles. The maximum Gasteiger partial charge on any atom is 0.416 e. The number of hydrogen-bond donors (Lipinski definition) is 2. The standard InChI is InChI=1S/C23H26F3NO4/c1-27(2)14-17-6-3-4-11-22(17,30)15-7-5-8-18(12-15)31-21(29)19-10-9-16(13-20(19)28)23(24,25)26/h5,7-10,12-13,17,28,30H,3-4,6,11,14H2,1-2H3/t17?,22-/m1/s1. The predicted octanol–water partition coefficient (Wildman–Crippen LogP) is 4.57. The van der Waals surface area contributed by atoms with Crippen LogP contribution in [0, 0.1) is 5.92 Å². The van der Waals surface area contributed by atoms with Crippen LogP contribution in [0.25, 0.3) is 0 Å². The topological polar surface area (TPSA) is 70.0 Å². The number of phenols is 1. The first kappa shape index (κ1) is 23.1. The molecular weight excluding hydrogens is 411 g/mol. The summed E-state index contributed by atoms with van der Waals surface area (Å²) in [6, 6.07) is 8.62. The van der Waals surface area contributed by atoms with E-state index in [4.69, 9.17) is 4.74 Å². The molecule has 0 radical (unpaired) electrons. The van der Waals surface area contributed by atoms with Crippen LogP contribution in [-0.2, 0) is 11.8 Å². The monoisotopic (exact) mass is 437 g/mol. The van der Waals surface area contributed by atoms with Gasteiger partial charge in [-0.25, -0.2) is 4.79 Å². The summed E-state index contributed by atoms with van der Waals surface area (Å²) in [4.78, 5) is 14.5. The van der Waals surface area contributed by atoms with E-state index < -0.39 is 29.1 Å². The molecule has 5 nitrogen and oxygen atoms in total. The van der Waals surface area contributed by atoms with Gasteiger partial charge in [-0.2, -0.15) is 13.2 Å². The van der Waals surface area contributed by atoms with Crippen molar-refractivity contribution >= 4 is 5.97 Å². The zero-order valence-electron chi connectivity index (χ0n) is 17.4. The number of aliphatic hydroxyl groups is 1. The number of alkyl halides is 3. The maximum atomic E-state index is 12.8. The molecule has 0 spiro atoms. The fourth-order valence-electron chi connectivity index (χ4n) is 4.16. The molecule has 1 aliphatic rings. The van der Waals surface area contributed by atoms with Crippen LogP contribution in [-0.4, -0.2) is 41.7 Å². The van der Waals surface area contributed by atoms with Crippen LogP contribution >= 0.6 is 0 Å². The third-order valence-corrected chi connectivity index (χ3v) is 5.71. The van der Waals surface area contributed by atoms with Gasteiger partial charge in [0.1, 0.15) is 17.1 Å². The fourth-order valence-corrected chi connectivity index (χ4v) is 4.16. The van der Waals surface area contributed by atoms with Crippen molar-refractivity contribution in [1.29, 1.82) is 0 Å². The SMILES string of the molecule is CN(C)CC1CCCC[C@@]1(O)c1cccc(OC(=O)c2ccc(C(F)(F)F)cc2O)c1. The summed E-state index contributed by atoms with van der Waals surface area (Å²) in [5.41, 5.74) is -1.88. The average Bonchev–Trinajstić information content (AvgIpc) is 2.69. The zero-order chi connectivity index (χ0) is 22.8. The van der Waals surface area contributed by atoms with E-state index in [0.29, 0.717) is 30.7 Å². The minimum absolute atomic E-state index is 0.0150. The van der Waals surface area contributed by atoms with Crippen LogP contribution in [0.15, 0.2) is 42.5 Å². The van der Waals surface area contributed by atoms with Gasteiger partial charge in [0, 0.05) is 12.5 Å².